The number of nitrogens with zero attached hydrogens (tertiary/aromatic N) is 4. The number of carboxylic acids is 6. The number of carbonyl (C=O) groups is 6. The minimum atomic E-state index is -2.25. The molecule has 11 N–H and O–H groups in total. The van der Waals surface area contributed by atoms with Crippen LogP contribution in [-0.2, 0) is 28.8 Å². The van der Waals surface area contributed by atoms with Crippen LogP contribution in [0.4, 0.5) is 0 Å². The number of hydrogen-bond acceptors (Lipinski definition) is 14. The summed E-state index contributed by atoms with van der Waals surface area (Å²) in [5.74, 6) is -9.93. The summed E-state index contributed by atoms with van der Waals surface area (Å²) >= 11 is 0. The normalized spacial score (nSPS) is 26.7. The molecule has 1 aliphatic rings. The van der Waals surface area contributed by atoms with Crippen LogP contribution in [0.5, 0.6) is 0 Å². The van der Waals surface area contributed by atoms with E-state index in [0.717, 1.165) is 0 Å². The average Bonchev–Trinajstić information content (AvgIpc) is 2.94. The van der Waals surface area contributed by atoms with Gasteiger partial charge in [-0.15, -0.1) is 0 Å². The molecule has 0 radical (unpaired) electrons. The van der Waals surface area contributed by atoms with Gasteiger partial charge in [0.15, 0.2) is 0 Å². The van der Waals surface area contributed by atoms with E-state index in [9.17, 15) is 59.4 Å². The summed E-state index contributed by atoms with van der Waals surface area (Å²) in [7, 11) is 0. The second-order valence-electron chi connectivity index (χ2n) is 10.8. The predicted octanol–water partition coefficient (Wildman–Crippen LogP) is 2.27. The molecule has 244 valence electrons. The Morgan fingerprint density at radius 3 is 1.00 bits per heavy atom. The standard InChI is InChI=1S/C24H36N8O12/c25-29-12-1-3-22(30-26,13(19(39)40)9-16(33)34)5-7-24(32-28,15(21(43)44)11-18(37)38)8-6-23(31-27,4-2-12)14(20(41)42)10-17(35)36/h13-15,26-28H,1-11,25H2,(H,33,34)(H,35,36)(H,37,38)(H,39,40)(H,41,42)(H,43,44). The minimum Gasteiger partial charge on any atom is -0.481 e. The molecule has 0 bridgehead atoms. The van der Waals surface area contributed by atoms with Gasteiger partial charge >= 0.3 is 35.8 Å². The molecule has 1 rings (SSSR count). The number of nitrogens with two attached hydrogens (primary N) is 1. The van der Waals surface area contributed by atoms with Crippen molar-refractivity contribution in [1.29, 1.82) is 16.6 Å². The highest BCUT2D eigenvalue weighted by atomic mass is 16.4. The molecule has 5 atom stereocenters. The van der Waals surface area contributed by atoms with Crippen molar-refractivity contribution in [3.63, 3.8) is 0 Å². The van der Waals surface area contributed by atoms with Gasteiger partial charge in [0, 0.05) is 5.71 Å². The van der Waals surface area contributed by atoms with Gasteiger partial charge in [-0.2, -0.15) is 20.4 Å². The van der Waals surface area contributed by atoms with E-state index in [1.54, 1.807) is 0 Å². The van der Waals surface area contributed by atoms with Crippen LogP contribution in [0.1, 0.15) is 70.6 Å². The molecule has 0 aromatic carbocycles. The summed E-state index contributed by atoms with van der Waals surface area (Å²) in [6.45, 7) is 0. The lowest BCUT2D eigenvalue weighted by molar-refractivity contribution is -0.153. The number of carboxylic acid groups (broad SMARTS) is 6. The van der Waals surface area contributed by atoms with E-state index < -0.39 is 128 Å². The number of hydrogen-bond donors (Lipinski definition) is 10. The first-order valence-corrected chi connectivity index (χ1v) is 13.2. The van der Waals surface area contributed by atoms with Crippen molar-refractivity contribution in [1.82, 2.24) is 0 Å². The van der Waals surface area contributed by atoms with E-state index >= 15 is 0 Å². The molecule has 1 saturated carbocycles. The van der Waals surface area contributed by atoms with E-state index in [4.69, 9.17) is 22.4 Å². The molecule has 44 heavy (non-hydrogen) atoms. The van der Waals surface area contributed by atoms with Crippen molar-refractivity contribution in [3.8, 4) is 0 Å². The lowest BCUT2D eigenvalue weighted by Crippen LogP contribution is -2.49. The van der Waals surface area contributed by atoms with Gasteiger partial charge in [0.05, 0.1) is 53.6 Å². The fourth-order valence-electron chi connectivity index (χ4n) is 5.88. The largest absolute Gasteiger partial charge is 0.481 e. The number of hydrazone groups is 1. The maximum absolute atomic E-state index is 12.4. The summed E-state index contributed by atoms with van der Waals surface area (Å²) in [4.78, 5) is 71.8. The van der Waals surface area contributed by atoms with Gasteiger partial charge in [0.25, 0.3) is 0 Å². The lowest BCUT2D eigenvalue weighted by Gasteiger charge is -2.42. The summed E-state index contributed by atoms with van der Waals surface area (Å²) in [6, 6.07) is 0. The molecule has 20 nitrogen and oxygen atoms in total. The first kappa shape index (κ1) is 37.1. The zero-order valence-corrected chi connectivity index (χ0v) is 23.5. The molecule has 5 unspecified atom stereocenters. The molecule has 0 saturated heterocycles. The predicted molar refractivity (Wildman–Crippen MR) is 142 cm³/mol. The Balaban J connectivity index is 4.04. The van der Waals surface area contributed by atoms with Crippen LogP contribution in [0.3, 0.4) is 0 Å². The first-order valence-electron chi connectivity index (χ1n) is 13.2. The fourth-order valence-corrected chi connectivity index (χ4v) is 5.88. The monoisotopic (exact) mass is 628 g/mol. The molecule has 0 spiro atoms. The molecule has 0 aromatic heterocycles. The molecule has 20 heteroatoms. The maximum atomic E-state index is 12.4. The van der Waals surface area contributed by atoms with Gasteiger partial charge in [-0.05, 0) is 51.4 Å². The number of rotatable bonds is 15. The summed E-state index contributed by atoms with van der Waals surface area (Å²) in [5, 5.41) is 72.3. The van der Waals surface area contributed by atoms with Crippen LogP contribution in [-0.4, -0.2) is 88.8 Å². The van der Waals surface area contributed by atoms with Crippen molar-refractivity contribution in [2.24, 2.45) is 44.0 Å². The second kappa shape index (κ2) is 15.5. The van der Waals surface area contributed by atoms with Crippen molar-refractivity contribution in [2.45, 2.75) is 87.2 Å². The van der Waals surface area contributed by atoms with Crippen LogP contribution < -0.4 is 5.84 Å². The highest BCUT2D eigenvalue weighted by Crippen LogP contribution is 2.46. The van der Waals surface area contributed by atoms with E-state index in [2.05, 4.69) is 20.4 Å². The molecule has 0 heterocycles. The van der Waals surface area contributed by atoms with Gasteiger partial charge in [-0.25, -0.2) is 16.6 Å². The molecule has 0 amide bonds. The first-order chi connectivity index (χ1) is 20.5. The third-order valence-electron chi connectivity index (χ3n) is 8.50. The van der Waals surface area contributed by atoms with Crippen molar-refractivity contribution < 1.29 is 59.4 Å². The summed E-state index contributed by atoms with van der Waals surface area (Å²) in [5.41, 5.74) is 17.6. The van der Waals surface area contributed by atoms with Crippen LogP contribution in [0.25, 0.3) is 0 Å². The third kappa shape index (κ3) is 8.80. The van der Waals surface area contributed by atoms with E-state index in [-0.39, 0.29) is 18.6 Å². The molecule has 1 fully saturated rings. The van der Waals surface area contributed by atoms with Crippen LogP contribution in [0.15, 0.2) is 20.4 Å². The van der Waals surface area contributed by atoms with Gasteiger partial charge in [-0.1, -0.05) is 0 Å². The molecule has 0 aliphatic heterocycles. The Kier molecular flexibility index (Phi) is 13.1. The van der Waals surface area contributed by atoms with Crippen LogP contribution >= 0.6 is 0 Å². The highest BCUT2D eigenvalue weighted by Gasteiger charge is 2.53. The molecule has 1 aliphatic carbocycles. The number of nitrogens with one attached hydrogen (secondary N) is 3. The Labute approximate surface area is 249 Å². The molecular formula is C24H36N8O12. The maximum Gasteiger partial charge on any atom is 0.309 e. The fraction of sp³-hybridized carbons (Fsp3) is 0.708. The van der Waals surface area contributed by atoms with E-state index in [1.807, 2.05) is 0 Å². The Morgan fingerprint density at radius 1 is 0.568 bits per heavy atom. The van der Waals surface area contributed by atoms with Crippen molar-refractivity contribution >= 4 is 41.5 Å². The van der Waals surface area contributed by atoms with Crippen molar-refractivity contribution in [2.75, 3.05) is 0 Å². The van der Waals surface area contributed by atoms with Gasteiger partial charge in [0.1, 0.15) is 0 Å². The smallest absolute Gasteiger partial charge is 0.309 e. The van der Waals surface area contributed by atoms with Crippen LogP contribution in [0, 0.1) is 34.3 Å². The van der Waals surface area contributed by atoms with Crippen molar-refractivity contribution in [3.05, 3.63) is 0 Å². The lowest BCUT2D eigenvalue weighted by atomic mass is 9.65. The Bertz CT molecular complexity index is 1150. The van der Waals surface area contributed by atoms with Crippen LogP contribution in [0.2, 0.25) is 0 Å². The third-order valence-corrected chi connectivity index (χ3v) is 8.50. The zero-order valence-electron chi connectivity index (χ0n) is 23.5. The van der Waals surface area contributed by atoms with E-state index in [1.165, 1.54) is 0 Å². The topological polar surface area (TPSA) is 371 Å². The average molecular weight is 629 g/mol. The summed E-state index contributed by atoms with van der Waals surface area (Å²) < 4.78 is 0. The Hall–Kier alpha value is -4.91. The SMILES string of the molecule is N=NC1(C(CC(=O)O)C(=O)O)CCC(=NN)CCC(N=N)(C(CC(=O)O)C(=O)O)CCC(N=N)(C(CC(=O)O)C(=O)O)CC1. The second-order valence-corrected chi connectivity index (χ2v) is 10.8. The number of aliphatic carboxylic acids is 6. The van der Waals surface area contributed by atoms with Gasteiger partial charge in [0.2, 0.25) is 0 Å². The highest BCUT2D eigenvalue weighted by molar-refractivity contribution is 5.85. The minimum absolute atomic E-state index is 0.0938. The molecule has 0 aromatic rings. The van der Waals surface area contributed by atoms with E-state index in [0.29, 0.717) is 0 Å². The van der Waals surface area contributed by atoms with Gasteiger partial charge < -0.3 is 36.5 Å². The van der Waals surface area contributed by atoms with Gasteiger partial charge in [-0.3, -0.25) is 28.8 Å². The quantitative estimate of drug-likeness (QED) is 0.0707. The molecular weight excluding hydrogens is 592 g/mol. The Morgan fingerprint density at radius 2 is 0.818 bits per heavy atom. The summed E-state index contributed by atoms with van der Waals surface area (Å²) in [6.07, 6.45) is -6.87. The zero-order chi connectivity index (χ0) is 33.9.